The fourth-order valence-electron chi connectivity index (χ4n) is 4.83. The van der Waals surface area contributed by atoms with Crippen molar-refractivity contribution in [2.45, 2.75) is 33.4 Å². The molecule has 0 spiro atoms. The van der Waals surface area contributed by atoms with Crippen LogP contribution in [0.2, 0.25) is 5.02 Å². The van der Waals surface area contributed by atoms with Gasteiger partial charge in [0.2, 0.25) is 0 Å². The van der Waals surface area contributed by atoms with Crippen molar-refractivity contribution in [2.24, 2.45) is 4.99 Å². The van der Waals surface area contributed by atoms with E-state index < -0.39 is 12.0 Å². The maximum absolute atomic E-state index is 14.0. The number of fused-ring (bicyclic) bond motifs is 1. The van der Waals surface area contributed by atoms with Crippen LogP contribution in [0.25, 0.3) is 6.08 Å². The van der Waals surface area contributed by atoms with Gasteiger partial charge in [0.05, 0.1) is 42.2 Å². The van der Waals surface area contributed by atoms with Crippen molar-refractivity contribution in [1.29, 1.82) is 0 Å². The van der Waals surface area contributed by atoms with Gasteiger partial charge in [-0.25, -0.2) is 9.79 Å². The number of carbonyl (C=O) groups excluding carboxylic acids is 1. The van der Waals surface area contributed by atoms with Crippen molar-refractivity contribution < 1.29 is 23.7 Å². The molecular formula is C33H30BrClN2O6S. The molecule has 2 heterocycles. The predicted octanol–water partition coefficient (Wildman–Crippen LogP) is 6.20. The maximum Gasteiger partial charge on any atom is 0.338 e. The molecule has 44 heavy (non-hydrogen) atoms. The van der Waals surface area contributed by atoms with E-state index in [1.165, 1.54) is 11.3 Å². The second-order valence-electron chi connectivity index (χ2n) is 9.74. The zero-order valence-corrected chi connectivity index (χ0v) is 27.7. The molecule has 0 unspecified atom stereocenters. The first-order valence-electron chi connectivity index (χ1n) is 13.9. The number of rotatable bonds is 10. The van der Waals surface area contributed by atoms with Gasteiger partial charge in [-0.1, -0.05) is 63.1 Å². The Labute approximate surface area is 272 Å². The number of aromatic nitrogens is 1. The van der Waals surface area contributed by atoms with E-state index in [0.717, 1.165) is 11.1 Å². The monoisotopic (exact) mass is 696 g/mol. The Kier molecular flexibility index (Phi) is 9.93. The number of hydrogen-bond acceptors (Lipinski definition) is 8. The van der Waals surface area contributed by atoms with Gasteiger partial charge < -0.3 is 18.9 Å². The Balaban J connectivity index is 1.55. The van der Waals surface area contributed by atoms with Crippen LogP contribution < -0.4 is 29.1 Å². The number of methoxy groups -OCH3 is 1. The molecule has 1 aliphatic rings. The molecule has 3 aromatic carbocycles. The van der Waals surface area contributed by atoms with Crippen molar-refractivity contribution in [3.8, 4) is 17.2 Å². The Morgan fingerprint density at radius 2 is 1.77 bits per heavy atom. The Morgan fingerprint density at radius 3 is 2.43 bits per heavy atom. The van der Waals surface area contributed by atoms with Gasteiger partial charge in [-0.05, 0) is 79.9 Å². The lowest BCUT2D eigenvalue weighted by Crippen LogP contribution is -2.40. The van der Waals surface area contributed by atoms with Gasteiger partial charge >= 0.3 is 5.97 Å². The molecule has 1 atom stereocenters. The second kappa shape index (κ2) is 13.8. The standard InChI is InChI=1S/C33H30BrClN2O6S/c1-5-41-27-17-25(34)24(16-26(27)40-4)30-29(32(39)42-6-2)19(3)36-33-37(30)31(38)28(44-33)15-20-9-13-23(14-10-20)43-18-21-7-11-22(35)12-8-21/h7-17,30H,5-6,18H2,1-4H3/b28-15+/t30-/m1/s1. The van der Waals surface area contributed by atoms with Gasteiger partial charge in [0.1, 0.15) is 12.4 Å². The minimum atomic E-state index is -0.810. The average Bonchev–Trinajstić information content (AvgIpc) is 3.31. The molecule has 1 aromatic heterocycles. The molecule has 0 radical (unpaired) electrons. The highest BCUT2D eigenvalue weighted by atomic mass is 79.9. The fraction of sp³-hybridized carbons (Fsp3) is 0.242. The van der Waals surface area contributed by atoms with Crippen LogP contribution in [-0.4, -0.2) is 30.9 Å². The first-order valence-corrected chi connectivity index (χ1v) is 15.9. The SMILES string of the molecule is CCOC(=O)C1=C(C)N=c2s/c(=C/c3ccc(OCc4ccc(Cl)cc4)cc3)c(=O)n2[C@@H]1c1cc(OC)c(OCC)cc1Br. The van der Waals surface area contributed by atoms with E-state index in [1.807, 2.05) is 55.5 Å². The third-order valence-corrected chi connectivity index (χ3v) is 8.81. The van der Waals surface area contributed by atoms with Crippen LogP contribution in [0.5, 0.6) is 17.2 Å². The van der Waals surface area contributed by atoms with Crippen LogP contribution in [0.1, 0.15) is 43.5 Å². The van der Waals surface area contributed by atoms with Crippen molar-refractivity contribution in [3.05, 3.63) is 118 Å². The molecule has 0 aliphatic carbocycles. The molecule has 11 heteroatoms. The molecule has 0 amide bonds. The summed E-state index contributed by atoms with van der Waals surface area (Å²) < 4.78 is 25.3. The Morgan fingerprint density at radius 1 is 1.05 bits per heavy atom. The van der Waals surface area contributed by atoms with Gasteiger partial charge in [0.25, 0.3) is 5.56 Å². The Bertz CT molecular complexity index is 1900. The topological polar surface area (TPSA) is 88.4 Å². The molecule has 1 aliphatic heterocycles. The lowest BCUT2D eigenvalue weighted by atomic mass is 9.95. The van der Waals surface area contributed by atoms with E-state index in [2.05, 4.69) is 20.9 Å². The van der Waals surface area contributed by atoms with E-state index in [1.54, 1.807) is 43.7 Å². The molecule has 0 saturated carbocycles. The molecule has 8 nitrogen and oxygen atoms in total. The van der Waals surface area contributed by atoms with Gasteiger partial charge in [0.15, 0.2) is 16.3 Å². The van der Waals surface area contributed by atoms with Gasteiger partial charge in [-0.2, -0.15) is 0 Å². The molecule has 5 rings (SSSR count). The minimum absolute atomic E-state index is 0.180. The fourth-order valence-corrected chi connectivity index (χ4v) is 6.54. The lowest BCUT2D eigenvalue weighted by molar-refractivity contribution is -0.139. The zero-order valence-electron chi connectivity index (χ0n) is 24.6. The molecule has 4 aromatic rings. The third kappa shape index (κ3) is 6.62. The van der Waals surface area contributed by atoms with Crippen molar-refractivity contribution in [1.82, 2.24) is 4.57 Å². The maximum atomic E-state index is 14.0. The highest BCUT2D eigenvalue weighted by Gasteiger charge is 2.35. The quantitative estimate of drug-likeness (QED) is 0.184. The van der Waals surface area contributed by atoms with E-state index in [0.29, 0.717) is 60.6 Å². The summed E-state index contributed by atoms with van der Waals surface area (Å²) in [5.41, 5.74) is 2.93. The predicted molar refractivity (Wildman–Crippen MR) is 174 cm³/mol. The average molecular weight is 698 g/mol. The smallest absolute Gasteiger partial charge is 0.338 e. The van der Waals surface area contributed by atoms with E-state index in [-0.39, 0.29) is 17.7 Å². The van der Waals surface area contributed by atoms with Crippen molar-refractivity contribution in [2.75, 3.05) is 20.3 Å². The van der Waals surface area contributed by atoms with E-state index >= 15 is 0 Å². The van der Waals surface area contributed by atoms with Crippen LogP contribution in [0.3, 0.4) is 0 Å². The van der Waals surface area contributed by atoms with Gasteiger partial charge in [0, 0.05) is 9.50 Å². The van der Waals surface area contributed by atoms with Crippen molar-refractivity contribution >= 4 is 50.9 Å². The molecule has 0 N–H and O–H groups in total. The summed E-state index contributed by atoms with van der Waals surface area (Å²) in [4.78, 5) is 32.4. The largest absolute Gasteiger partial charge is 0.493 e. The number of allylic oxidation sites excluding steroid dienone is 1. The van der Waals surface area contributed by atoms with Crippen LogP contribution in [0, 0.1) is 0 Å². The van der Waals surface area contributed by atoms with Crippen LogP contribution in [-0.2, 0) is 16.1 Å². The number of nitrogens with zero attached hydrogens (tertiary/aromatic N) is 2. The number of hydrogen-bond donors (Lipinski definition) is 0. The van der Waals surface area contributed by atoms with Crippen molar-refractivity contribution in [3.63, 3.8) is 0 Å². The highest BCUT2D eigenvalue weighted by molar-refractivity contribution is 9.10. The first-order chi connectivity index (χ1) is 21.2. The number of thiazole rings is 1. The molecule has 228 valence electrons. The highest BCUT2D eigenvalue weighted by Crippen LogP contribution is 2.41. The van der Waals surface area contributed by atoms with Crippen LogP contribution >= 0.6 is 38.9 Å². The number of benzene rings is 3. The first kappa shape index (κ1) is 31.6. The summed E-state index contributed by atoms with van der Waals surface area (Å²) >= 11 is 10.9. The van der Waals surface area contributed by atoms with E-state index in [9.17, 15) is 9.59 Å². The summed E-state index contributed by atoms with van der Waals surface area (Å²) in [6.07, 6.45) is 1.81. The minimum Gasteiger partial charge on any atom is -0.493 e. The summed E-state index contributed by atoms with van der Waals surface area (Å²) in [6, 6.07) is 17.7. The molecule has 0 saturated heterocycles. The third-order valence-electron chi connectivity index (χ3n) is 6.89. The van der Waals surface area contributed by atoms with Gasteiger partial charge in [-0.3, -0.25) is 9.36 Å². The molecular weight excluding hydrogens is 668 g/mol. The second-order valence-corrected chi connectivity index (χ2v) is 12.0. The number of halogens is 2. The lowest BCUT2D eigenvalue weighted by Gasteiger charge is -2.26. The summed E-state index contributed by atoms with van der Waals surface area (Å²) in [5.74, 6) is 1.17. The zero-order chi connectivity index (χ0) is 31.4. The number of ether oxygens (including phenoxy) is 4. The summed E-state index contributed by atoms with van der Waals surface area (Å²) in [7, 11) is 1.54. The summed E-state index contributed by atoms with van der Waals surface area (Å²) in [6.45, 7) is 6.40. The number of carbonyl (C=O) groups is 1. The van der Waals surface area contributed by atoms with Crippen LogP contribution in [0.4, 0.5) is 0 Å². The Hall–Kier alpha value is -3.86. The van der Waals surface area contributed by atoms with E-state index in [4.69, 9.17) is 30.5 Å². The molecule has 0 fully saturated rings. The van der Waals surface area contributed by atoms with Gasteiger partial charge in [-0.15, -0.1) is 0 Å². The molecule has 0 bridgehead atoms. The normalized spacial score (nSPS) is 14.6. The summed E-state index contributed by atoms with van der Waals surface area (Å²) in [5, 5.41) is 0.675. The van der Waals surface area contributed by atoms with Crippen LogP contribution in [0.15, 0.2) is 86.2 Å². The number of esters is 1.